The highest BCUT2D eigenvalue weighted by Crippen LogP contribution is 2.11. The Morgan fingerprint density at radius 1 is 0.857 bits per heavy atom. The molecule has 1 unspecified atom stereocenters. The zero-order chi connectivity index (χ0) is 15.8. The van der Waals surface area contributed by atoms with Gasteiger partial charge in [-0.3, -0.25) is 0 Å². The van der Waals surface area contributed by atoms with Crippen molar-refractivity contribution in [1.29, 1.82) is 0 Å². The van der Waals surface area contributed by atoms with E-state index < -0.39 is 13.0 Å². The molecule has 0 saturated heterocycles. The lowest BCUT2D eigenvalue weighted by Crippen LogP contribution is -2.31. The molecule has 0 radical (unpaired) electrons. The molecule has 1 atom stereocenters. The highest BCUT2D eigenvalue weighted by molar-refractivity contribution is 4.66. The molecule has 0 amide bonds. The van der Waals surface area contributed by atoms with Gasteiger partial charge in [-0.25, -0.2) is 8.78 Å². The third-order valence-electron chi connectivity index (χ3n) is 3.69. The summed E-state index contributed by atoms with van der Waals surface area (Å²) in [5.41, 5.74) is 0. The smallest absolute Gasteiger partial charge is 0.261 e. The van der Waals surface area contributed by atoms with E-state index in [9.17, 15) is 8.78 Å². The summed E-state index contributed by atoms with van der Waals surface area (Å²) in [5.74, 6) is 0. The molecule has 128 valence electrons. The van der Waals surface area contributed by atoms with Crippen LogP contribution in [-0.2, 0) is 4.74 Å². The molecule has 0 bridgehead atoms. The molecule has 0 heterocycles. The van der Waals surface area contributed by atoms with Crippen molar-refractivity contribution in [2.24, 2.45) is 0 Å². The maximum absolute atomic E-state index is 12.0. The predicted octanol–water partition coefficient (Wildman–Crippen LogP) is 5.17. The van der Waals surface area contributed by atoms with E-state index in [1.807, 2.05) is 0 Å². The van der Waals surface area contributed by atoms with E-state index in [0.29, 0.717) is 12.6 Å². The number of ether oxygens (including phenoxy) is 1. The van der Waals surface area contributed by atoms with Gasteiger partial charge in [0.05, 0.1) is 0 Å². The molecule has 0 aliphatic carbocycles. The Kier molecular flexibility index (Phi) is 16.0. The average Bonchev–Trinajstić information content (AvgIpc) is 2.47. The largest absolute Gasteiger partial charge is 0.375 e. The first-order chi connectivity index (χ1) is 10.2. The van der Waals surface area contributed by atoms with E-state index in [1.54, 1.807) is 0 Å². The van der Waals surface area contributed by atoms with Crippen LogP contribution >= 0.6 is 0 Å². The first kappa shape index (κ1) is 20.8. The molecular formula is C17H35F2NO. The van der Waals surface area contributed by atoms with Gasteiger partial charge in [-0.1, -0.05) is 58.8 Å². The Balaban J connectivity index is 3.60. The van der Waals surface area contributed by atoms with Crippen LogP contribution in [0.3, 0.4) is 0 Å². The first-order valence-electron chi connectivity index (χ1n) is 8.79. The number of rotatable bonds is 16. The molecule has 2 nitrogen and oxygen atoms in total. The standard InChI is InChI=1S/C17H35F2NO/c1-3-5-6-7-8-9-10-11-16(20-13-4-2)12-14-21-15-17(18)19/h16-17,20H,3-15H2,1-2H3. The predicted molar refractivity (Wildman–Crippen MR) is 86.1 cm³/mol. The average molecular weight is 307 g/mol. The van der Waals surface area contributed by atoms with Crippen molar-refractivity contribution >= 4 is 0 Å². The van der Waals surface area contributed by atoms with Crippen molar-refractivity contribution in [3.63, 3.8) is 0 Å². The summed E-state index contributed by atoms with van der Waals surface area (Å²) in [6, 6.07) is 0.415. The molecule has 1 N–H and O–H groups in total. The first-order valence-corrected chi connectivity index (χ1v) is 8.79. The normalized spacial score (nSPS) is 13.0. The lowest BCUT2D eigenvalue weighted by Gasteiger charge is -2.18. The molecule has 4 heteroatoms. The van der Waals surface area contributed by atoms with Crippen molar-refractivity contribution in [2.45, 2.75) is 90.5 Å². The van der Waals surface area contributed by atoms with Crippen molar-refractivity contribution in [3.05, 3.63) is 0 Å². The summed E-state index contributed by atoms with van der Waals surface area (Å²) in [6.07, 6.45) is 9.89. The lowest BCUT2D eigenvalue weighted by atomic mass is 10.0. The van der Waals surface area contributed by atoms with Crippen molar-refractivity contribution in [2.75, 3.05) is 19.8 Å². The Morgan fingerprint density at radius 2 is 1.52 bits per heavy atom. The van der Waals surface area contributed by atoms with Gasteiger partial charge in [0.2, 0.25) is 0 Å². The van der Waals surface area contributed by atoms with E-state index in [-0.39, 0.29) is 0 Å². The number of unbranched alkanes of at least 4 members (excludes halogenated alkanes) is 6. The van der Waals surface area contributed by atoms with Crippen LogP contribution in [0.2, 0.25) is 0 Å². The summed E-state index contributed by atoms with van der Waals surface area (Å²) in [4.78, 5) is 0. The Hall–Kier alpha value is -0.220. The van der Waals surface area contributed by atoms with Crippen LogP contribution in [-0.4, -0.2) is 32.2 Å². The second-order valence-electron chi connectivity index (χ2n) is 5.82. The molecular weight excluding hydrogens is 272 g/mol. The monoisotopic (exact) mass is 307 g/mol. The minimum absolute atomic E-state index is 0.415. The lowest BCUT2D eigenvalue weighted by molar-refractivity contribution is 0.0141. The second kappa shape index (κ2) is 16.2. The van der Waals surface area contributed by atoms with E-state index >= 15 is 0 Å². The molecule has 0 rings (SSSR count). The van der Waals surface area contributed by atoms with Crippen LogP contribution in [0.15, 0.2) is 0 Å². The molecule has 0 aromatic heterocycles. The minimum atomic E-state index is -2.35. The number of nitrogens with one attached hydrogen (secondary N) is 1. The minimum Gasteiger partial charge on any atom is -0.375 e. The van der Waals surface area contributed by atoms with E-state index in [4.69, 9.17) is 4.74 Å². The fourth-order valence-corrected chi connectivity index (χ4v) is 2.44. The van der Waals surface area contributed by atoms with Gasteiger partial charge in [0.15, 0.2) is 0 Å². The zero-order valence-electron chi connectivity index (χ0n) is 14.0. The van der Waals surface area contributed by atoms with Gasteiger partial charge in [0.1, 0.15) is 6.61 Å². The van der Waals surface area contributed by atoms with Gasteiger partial charge < -0.3 is 10.1 Å². The summed E-state index contributed by atoms with van der Waals surface area (Å²) < 4.78 is 29.0. The Morgan fingerprint density at radius 3 is 2.14 bits per heavy atom. The number of halogens is 2. The molecule has 0 fully saturated rings. The van der Waals surface area contributed by atoms with Crippen molar-refractivity contribution in [1.82, 2.24) is 5.32 Å². The van der Waals surface area contributed by atoms with Crippen LogP contribution in [0.1, 0.15) is 78.1 Å². The van der Waals surface area contributed by atoms with E-state index in [2.05, 4.69) is 19.2 Å². The van der Waals surface area contributed by atoms with Crippen LogP contribution in [0.25, 0.3) is 0 Å². The zero-order valence-corrected chi connectivity index (χ0v) is 14.0. The van der Waals surface area contributed by atoms with Gasteiger partial charge in [0.25, 0.3) is 6.43 Å². The third kappa shape index (κ3) is 16.0. The Bertz CT molecular complexity index is 203. The highest BCUT2D eigenvalue weighted by atomic mass is 19.3. The van der Waals surface area contributed by atoms with Gasteiger partial charge in [-0.2, -0.15) is 0 Å². The van der Waals surface area contributed by atoms with Crippen LogP contribution < -0.4 is 5.32 Å². The topological polar surface area (TPSA) is 21.3 Å². The molecule has 0 spiro atoms. The van der Waals surface area contributed by atoms with Crippen molar-refractivity contribution < 1.29 is 13.5 Å². The summed E-state index contributed by atoms with van der Waals surface area (Å²) in [5, 5.41) is 3.50. The fourth-order valence-electron chi connectivity index (χ4n) is 2.44. The maximum atomic E-state index is 12.0. The molecule has 21 heavy (non-hydrogen) atoms. The van der Waals surface area contributed by atoms with E-state index in [1.165, 1.54) is 44.9 Å². The van der Waals surface area contributed by atoms with Crippen LogP contribution in [0.5, 0.6) is 0 Å². The number of hydrogen-bond donors (Lipinski definition) is 1. The molecule has 0 aliphatic rings. The summed E-state index contributed by atoms with van der Waals surface area (Å²) in [6.45, 7) is 5.38. The Labute approximate surface area is 130 Å². The van der Waals surface area contributed by atoms with Gasteiger partial charge in [0, 0.05) is 12.6 Å². The maximum Gasteiger partial charge on any atom is 0.261 e. The van der Waals surface area contributed by atoms with Gasteiger partial charge in [-0.15, -0.1) is 0 Å². The molecule has 0 aromatic carbocycles. The second-order valence-corrected chi connectivity index (χ2v) is 5.82. The summed E-state index contributed by atoms with van der Waals surface area (Å²) >= 11 is 0. The van der Waals surface area contributed by atoms with Crippen LogP contribution in [0, 0.1) is 0 Å². The SMILES string of the molecule is CCCCCCCCCC(CCOCC(F)F)NCCC. The fraction of sp³-hybridized carbons (Fsp3) is 1.00. The quantitative estimate of drug-likeness (QED) is 0.397. The molecule has 0 aromatic rings. The highest BCUT2D eigenvalue weighted by Gasteiger charge is 2.08. The van der Waals surface area contributed by atoms with Crippen molar-refractivity contribution in [3.8, 4) is 0 Å². The number of hydrogen-bond acceptors (Lipinski definition) is 2. The van der Waals surface area contributed by atoms with Gasteiger partial charge >= 0.3 is 0 Å². The molecule has 0 aliphatic heterocycles. The molecule has 0 saturated carbocycles. The summed E-state index contributed by atoms with van der Waals surface area (Å²) in [7, 11) is 0. The third-order valence-corrected chi connectivity index (χ3v) is 3.69. The number of alkyl halides is 2. The van der Waals surface area contributed by atoms with Crippen LogP contribution in [0.4, 0.5) is 8.78 Å². The van der Waals surface area contributed by atoms with Gasteiger partial charge in [-0.05, 0) is 25.8 Å². The van der Waals surface area contributed by atoms with E-state index in [0.717, 1.165) is 25.8 Å².